The van der Waals surface area contributed by atoms with Gasteiger partial charge >= 0.3 is 5.97 Å². The van der Waals surface area contributed by atoms with E-state index in [9.17, 15) is 9.59 Å². The van der Waals surface area contributed by atoms with Gasteiger partial charge < -0.3 is 4.74 Å². The van der Waals surface area contributed by atoms with Crippen LogP contribution < -0.4 is 11.3 Å². The van der Waals surface area contributed by atoms with Crippen LogP contribution in [0.1, 0.15) is 22.3 Å². The number of methoxy groups -OCH3 is 1. The maximum Gasteiger partial charge on any atom is 0.337 e. The van der Waals surface area contributed by atoms with Gasteiger partial charge in [0.25, 0.3) is 0 Å². The average Bonchev–Trinajstić information content (AvgIpc) is 2.35. The number of benzene rings is 1. The van der Waals surface area contributed by atoms with Crippen LogP contribution in [0.3, 0.4) is 0 Å². The molecule has 5 nitrogen and oxygen atoms in total. The summed E-state index contributed by atoms with van der Waals surface area (Å²) in [6.45, 7) is 0. The van der Waals surface area contributed by atoms with Gasteiger partial charge in [0.1, 0.15) is 0 Å². The average molecular weight is 222 g/mol. The molecule has 0 aromatic heterocycles. The van der Waals surface area contributed by atoms with Crippen LogP contribution in [-0.2, 0) is 16.0 Å². The van der Waals surface area contributed by atoms with Crippen molar-refractivity contribution in [1.29, 1.82) is 0 Å². The summed E-state index contributed by atoms with van der Waals surface area (Å²) in [5.74, 6) is 4.35. The lowest BCUT2D eigenvalue weighted by Gasteiger charge is -2.03. The maximum atomic E-state index is 11.2. The lowest BCUT2D eigenvalue weighted by molar-refractivity contribution is -0.121. The summed E-state index contributed by atoms with van der Waals surface area (Å²) >= 11 is 0. The van der Waals surface area contributed by atoms with Crippen molar-refractivity contribution >= 4 is 11.9 Å². The fraction of sp³-hybridized carbons (Fsp3) is 0.273. The molecular formula is C11H14N2O3. The van der Waals surface area contributed by atoms with Crippen LogP contribution in [0.25, 0.3) is 0 Å². The van der Waals surface area contributed by atoms with E-state index in [0.29, 0.717) is 18.4 Å². The van der Waals surface area contributed by atoms with E-state index >= 15 is 0 Å². The van der Waals surface area contributed by atoms with E-state index in [1.807, 2.05) is 6.07 Å². The zero-order chi connectivity index (χ0) is 12.0. The normalized spacial score (nSPS) is 9.62. The van der Waals surface area contributed by atoms with Gasteiger partial charge in [-0.2, -0.15) is 0 Å². The Kier molecular flexibility index (Phi) is 4.47. The molecule has 0 aliphatic rings. The second kappa shape index (κ2) is 5.87. The Hall–Kier alpha value is -1.88. The van der Waals surface area contributed by atoms with Gasteiger partial charge in [-0.25, -0.2) is 10.6 Å². The van der Waals surface area contributed by atoms with Crippen molar-refractivity contribution in [2.45, 2.75) is 12.8 Å². The first-order chi connectivity index (χ1) is 7.67. The van der Waals surface area contributed by atoms with E-state index in [2.05, 4.69) is 10.2 Å². The quantitative estimate of drug-likeness (QED) is 0.334. The van der Waals surface area contributed by atoms with Gasteiger partial charge in [-0.1, -0.05) is 12.1 Å². The number of rotatable bonds is 4. The number of nitrogens with two attached hydrogens (primary N) is 1. The Morgan fingerprint density at radius 2 is 2.19 bits per heavy atom. The second-order valence-electron chi connectivity index (χ2n) is 3.26. The number of carbonyl (C=O) groups excluding carboxylic acids is 2. The van der Waals surface area contributed by atoms with Crippen molar-refractivity contribution in [2.75, 3.05) is 7.11 Å². The molecule has 1 aromatic carbocycles. The monoisotopic (exact) mass is 222 g/mol. The van der Waals surface area contributed by atoms with Gasteiger partial charge in [0.2, 0.25) is 5.91 Å². The summed E-state index contributed by atoms with van der Waals surface area (Å²) in [7, 11) is 1.33. The third-order valence-corrected chi connectivity index (χ3v) is 2.15. The van der Waals surface area contributed by atoms with Crippen molar-refractivity contribution in [1.82, 2.24) is 5.43 Å². The molecular weight excluding hydrogens is 208 g/mol. The van der Waals surface area contributed by atoms with E-state index in [1.165, 1.54) is 7.11 Å². The first-order valence-electron chi connectivity index (χ1n) is 4.84. The molecule has 0 saturated heterocycles. The summed E-state index contributed by atoms with van der Waals surface area (Å²) in [5.41, 5.74) is 3.43. The Bertz CT molecular complexity index is 391. The Morgan fingerprint density at radius 1 is 1.44 bits per heavy atom. The lowest BCUT2D eigenvalue weighted by Crippen LogP contribution is -2.30. The highest BCUT2D eigenvalue weighted by atomic mass is 16.5. The minimum Gasteiger partial charge on any atom is -0.465 e. The molecule has 3 N–H and O–H groups in total. The SMILES string of the molecule is COC(=O)c1cccc(CCC(=O)NN)c1. The molecule has 0 saturated carbocycles. The highest BCUT2D eigenvalue weighted by Crippen LogP contribution is 2.08. The Morgan fingerprint density at radius 3 is 2.81 bits per heavy atom. The molecule has 16 heavy (non-hydrogen) atoms. The van der Waals surface area contributed by atoms with E-state index in [1.54, 1.807) is 18.2 Å². The van der Waals surface area contributed by atoms with Crippen molar-refractivity contribution in [3.8, 4) is 0 Å². The van der Waals surface area contributed by atoms with E-state index < -0.39 is 0 Å². The van der Waals surface area contributed by atoms with E-state index in [0.717, 1.165) is 5.56 Å². The highest BCUT2D eigenvalue weighted by molar-refractivity contribution is 5.89. The largest absolute Gasteiger partial charge is 0.465 e. The van der Waals surface area contributed by atoms with Crippen LogP contribution in [0.5, 0.6) is 0 Å². The topological polar surface area (TPSA) is 81.4 Å². The highest BCUT2D eigenvalue weighted by Gasteiger charge is 2.06. The smallest absolute Gasteiger partial charge is 0.337 e. The molecule has 0 aliphatic heterocycles. The number of amides is 1. The number of ether oxygens (including phenoxy) is 1. The Balaban J connectivity index is 2.67. The summed E-state index contributed by atoms with van der Waals surface area (Å²) in [6.07, 6.45) is 0.828. The molecule has 0 heterocycles. The molecule has 1 rings (SSSR count). The first kappa shape index (κ1) is 12.2. The predicted octanol–water partition coefficient (Wildman–Crippen LogP) is 0.396. The first-order valence-corrected chi connectivity index (χ1v) is 4.84. The predicted molar refractivity (Wildman–Crippen MR) is 58.4 cm³/mol. The number of nitrogens with one attached hydrogen (secondary N) is 1. The van der Waals surface area contributed by atoms with Crippen molar-refractivity contribution in [2.24, 2.45) is 5.84 Å². The number of aryl methyl sites for hydroxylation is 1. The molecule has 0 spiro atoms. The zero-order valence-electron chi connectivity index (χ0n) is 9.03. The third-order valence-electron chi connectivity index (χ3n) is 2.15. The molecule has 0 radical (unpaired) electrons. The fourth-order valence-corrected chi connectivity index (χ4v) is 1.30. The molecule has 0 bridgehead atoms. The van der Waals surface area contributed by atoms with Crippen molar-refractivity contribution in [3.63, 3.8) is 0 Å². The summed E-state index contributed by atoms with van der Waals surface area (Å²) in [6, 6.07) is 6.96. The number of carbonyl (C=O) groups is 2. The second-order valence-corrected chi connectivity index (χ2v) is 3.26. The zero-order valence-corrected chi connectivity index (χ0v) is 9.03. The molecule has 1 aromatic rings. The maximum absolute atomic E-state index is 11.2. The van der Waals surface area contributed by atoms with Gasteiger partial charge in [-0.15, -0.1) is 0 Å². The number of esters is 1. The van der Waals surface area contributed by atoms with Gasteiger partial charge in [0.15, 0.2) is 0 Å². The van der Waals surface area contributed by atoms with Crippen LogP contribution in [0, 0.1) is 0 Å². The van der Waals surface area contributed by atoms with E-state index in [4.69, 9.17) is 5.84 Å². The molecule has 0 atom stereocenters. The van der Waals surface area contributed by atoms with Gasteiger partial charge in [-0.05, 0) is 24.1 Å². The molecule has 0 fully saturated rings. The van der Waals surface area contributed by atoms with Crippen LogP contribution >= 0.6 is 0 Å². The summed E-state index contributed by atoms with van der Waals surface area (Å²) in [4.78, 5) is 22.2. The molecule has 0 aliphatic carbocycles. The molecule has 0 unspecified atom stereocenters. The summed E-state index contributed by atoms with van der Waals surface area (Å²) in [5, 5.41) is 0. The van der Waals surface area contributed by atoms with Crippen LogP contribution in [0.15, 0.2) is 24.3 Å². The minimum absolute atomic E-state index is 0.233. The number of hydrogen-bond donors (Lipinski definition) is 2. The van der Waals surface area contributed by atoms with Gasteiger partial charge in [0.05, 0.1) is 12.7 Å². The minimum atomic E-state index is -0.384. The fourth-order valence-electron chi connectivity index (χ4n) is 1.30. The third kappa shape index (κ3) is 3.36. The molecule has 5 heteroatoms. The Labute approximate surface area is 93.6 Å². The molecule has 1 amide bonds. The van der Waals surface area contributed by atoms with Crippen molar-refractivity contribution in [3.05, 3.63) is 35.4 Å². The van der Waals surface area contributed by atoms with Crippen LogP contribution in [0.2, 0.25) is 0 Å². The summed E-state index contributed by atoms with van der Waals surface area (Å²) < 4.78 is 4.60. The molecule has 86 valence electrons. The lowest BCUT2D eigenvalue weighted by atomic mass is 10.1. The van der Waals surface area contributed by atoms with Crippen LogP contribution in [0.4, 0.5) is 0 Å². The van der Waals surface area contributed by atoms with Gasteiger partial charge in [0, 0.05) is 6.42 Å². The standard InChI is InChI=1S/C11H14N2O3/c1-16-11(15)9-4-2-3-8(7-9)5-6-10(14)13-12/h2-4,7H,5-6,12H2,1H3,(H,13,14). The number of hydrogen-bond acceptors (Lipinski definition) is 4. The number of hydrazine groups is 1. The van der Waals surface area contributed by atoms with Gasteiger partial charge in [-0.3, -0.25) is 10.2 Å². The van der Waals surface area contributed by atoms with E-state index in [-0.39, 0.29) is 11.9 Å². The van der Waals surface area contributed by atoms with Crippen LogP contribution in [-0.4, -0.2) is 19.0 Å². The van der Waals surface area contributed by atoms with Crippen molar-refractivity contribution < 1.29 is 14.3 Å².